The minimum absolute atomic E-state index is 0. The van der Waals surface area contributed by atoms with Gasteiger partial charge in [-0.2, -0.15) is 0 Å². The summed E-state index contributed by atoms with van der Waals surface area (Å²) in [5, 5.41) is 0. The second-order valence-electron chi connectivity index (χ2n) is 8.56. The van der Waals surface area contributed by atoms with Crippen LogP contribution in [0.4, 0.5) is 0 Å². The predicted molar refractivity (Wildman–Crippen MR) is 113 cm³/mol. The van der Waals surface area contributed by atoms with E-state index in [-0.39, 0.29) is 18.3 Å². The molecule has 0 spiro atoms. The van der Waals surface area contributed by atoms with Gasteiger partial charge in [0.05, 0.1) is 13.1 Å². The van der Waals surface area contributed by atoms with E-state index >= 15 is 0 Å². The van der Waals surface area contributed by atoms with Crippen molar-refractivity contribution in [2.24, 2.45) is 0 Å². The Kier molecular flexibility index (Phi) is 6.81. The van der Waals surface area contributed by atoms with Crippen LogP contribution >= 0.6 is 0 Å². The number of carbonyl (C=O) groups is 1. The third-order valence-electron chi connectivity index (χ3n) is 6.43. The Morgan fingerprint density at radius 3 is 2.41 bits per heavy atom. The summed E-state index contributed by atoms with van der Waals surface area (Å²) in [4.78, 5) is 17.2. The third-order valence-corrected chi connectivity index (χ3v) is 6.43. The van der Waals surface area contributed by atoms with Crippen molar-refractivity contribution in [3.8, 4) is 0 Å². The Morgan fingerprint density at radius 1 is 1.07 bits per heavy atom. The van der Waals surface area contributed by atoms with E-state index < -0.39 is 0 Å². The number of fused-ring (bicyclic) bond motifs is 2. The van der Waals surface area contributed by atoms with Crippen molar-refractivity contribution in [1.29, 1.82) is 0 Å². The number of aryl methyl sites for hydroxylation is 2. The number of likely N-dealkylation sites (N-methyl/N-ethyl adjacent to an activating group) is 1. The van der Waals surface area contributed by atoms with Gasteiger partial charge in [-0.25, -0.2) is 0 Å². The Bertz CT molecular complexity index is 873. The minimum atomic E-state index is 0. The summed E-state index contributed by atoms with van der Waals surface area (Å²) in [6.07, 6.45) is 6.77. The molecule has 2 aliphatic heterocycles. The molecule has 0 aromatic heterocycles. The summed E-state index contributed by atoms with van der Waals surface area (Å²) >= 11 is 0. The summed E-state index contributed by atoms with van der Waals surface area (Å²) in [7, 11) is 2.30. The zero-order valence-electron chi connectivity index (χ0n) is 17.6. The molecular weight excluding hydrogens is 380 g/mol. The number of nitrogens with zero attached hydrogens (tertiary/aromatic N) is 1. The summed E-state index contributed by atoms with van der Waals surface area (Å²) in [5.41, 5.74) is 5.62. The molecule has 0 aliphatic carbocycles. The first-order valence-corrected chi connectivity index (χ1v) is 10.5. The molecule has 3 atom stereocenters. The van der Waals surface area contributed by atoms with Crippen LogP contribution in [0.5, 0.6) is 0 Å². The number of carbonyl (C=O) groups excluding carboxylic acids is 1. The Hall–Kier alpha value is -2.10. The van der Waals surface area contributed by atoms with Gasteiger partial charge in [0, 0.05) is 37.1 Å². The zero-order chi connectivity index (χ0) is 19.7. The molecule has 2 aromatic carbocycles. The lowest BCUT2D eigenvalue weighted by Gasteiger charge is -2.33. The molecule has 2 bridgehead atoms. The molecule has 154 valence electrons. The highest BCUT2D eigenvalue weighted by atomic mass is 35.5. The van der Waals surface area contributed by atoms with Gasteiger partial charge in [0.15, 0.2) is 0 Å². The lowest BCUT2D eigenvalue weighted by Crippen LogP contribution is -3.14. The summed E-state index contributed by atoms with van der Waals surface area (Å²) in [6.45, 7) is 4.87. The number of nitrogens with one attached hydrogen (secondary N) is 1. The highest BCUT2D eigenvalue weighted by molar-refractivity contribution is 5.95. The van der Waals surface area contributed by atoms with Gasteiger partial charge in [-0.1, -0.05) is 47.5 Å². The molecule has 3 unspecified atom stereocenters. The molecule has 1 fully saturated rings. The van der Waals surface area contributed by atoms with Crippen molar-refractivity contribution >= 4 is 5.91 Å². The number of halogens is 1. The molecular formula is C25H31ClN2O. The van der Waals surface area contributed by atoms with Gasteiger partial charge in [-0.3, -0.25) is 4.79 Å². The van der Waals surface area contributed by atoms with Crippen LogP contribution in [0.1, 0.15) is 46.3 Å². The van der Waals surface area contributed by atoms with E-state index in [4.69, 9.17) is 0 Å². The average Bonchev–Trinajstić information content (AvgIpc) is 2.89. The zero-order valence-corrected chi connectivity index (χ0v) is 18.4. The highest BCUT2D eigenvalue weighted by Gasteiger charge is 2.40. The SMILES string of the molecule is Cc1cc(C)cc(C(=O)N(CCc2ccccc2)C2=CC3CCC(C2)[NH+]3C)c1.[Cl-]. The molecule has 1 saturated heterocycles. The standard InChI is InChI=1S/C25H30N2O.ClH/c1-18-13-19(2)15-21(14-18)25(28)27(12-11-20-7-5-4-6-8-20)24-16-22-9-10-23(17-24)26(22)3;/h4-8,13-16,22-23H,9-12,17H2,1-3H3;1H. The number of amides is 1. The number of benzene rings is 2. The van der Waals surface area contributed by atoms with Gasteiger partial charge in [-0.15, -0.1) is 0 Å². The van der Waals surface area contributed by atoms with Crippen LogP contribution in [0, 0.1) is 13.8 Å². The first-order chi connectivity index (χ1) is 13.5. The van der Waals surface area contributed by atoms with Crippen molar-refractivity contribution in [2.75, 3.05) is 13.6 Å². The van der Waals surface area contributed by atoms with E-state index in [0.29, 0.717) is 12.1 Å². The molecule has 4 rings (SSSR count). The van der Waals surface area contributed by atoms with Gasteiger partial charge in [0.25, 0.3) is 5.91 Å². The van der Waals surface area contributed by atoms with Gasteiger partial charge in [0.2, 0.25) is 0 Å². The second-order valence-corrected chi connectivity index (χ2v) is 8.56. The lowest BCUT2D eigenvalue weighted by molar-refractivity contribution is -0.912. The largest absolute Gasteiger partial charge is 1.00 e. The molecule has 4 heteroatoms. The molecule has 2 heterocycles. The van der Waals surface area contributed by atoms with Gasteiger partial charge in [0.1, 0.15) is 6.04 Å². The van der Waals surface area contributed by atoms with E-state index in [1.165, 1.54) is 24.1 Å². The molecule has 29 heavy (non-hydrogen) atoms. The fourth-order valence-corrected chi connectivity index (χ4v) is 4.88. The molecule has 0 radical (unpaired) electrons. The van der Waals surface area contributed by atoms with Crippen molar-refractivity contribution < 1.29 is 22.1 Å². The maximum atomic E-state index is 13.6. The number of rotatable bonds is 5. The number of hydrogen-bond donors (Lipinski definition) is 1. The van der Waals surface area contributed by atoms with Crippen LogP contribution in [-0.2, 0) is 6.42 Å². The molecule has 1 N–H and O–H groups in total. The van der Waals surface area contributed by atoms with Crippen LogP contribution in [-0.4, -0.2) is 36.5 Å². The maximum Gasteiger partial charge on any atom is 0.258 e. The monoisotopic (exact) mass is 410 g/mol. The number of hydrogen-bond acceptors (Lipinski definition) is 1. The fraction of sp³-hybridized carbons (Fsp3) is 0.400. The summed E-state index contributed by atoms with van der Waals surface area (Å²) in [5.74, 6) is 0.146. The normalized spacial score (nSPS) is 22.6. The quantitative estimate of drug-likeness (QED) is 0.754. The molecule has 2 aromatic rings. The van der Waals surface area contributed by atoms with E-state index in [1.54, 1.807) is 4.90 Å². The molecule has 1 amide bonds. The van der Waals surface area contributed by atoms with Crippen LogP contribution in [0.25, 0.3) is 0 Å². The Morgan fingerprint density at radius 2 is 1.76 bits per heavy atom. The first-order valence-electron chi connectivity index (χ1n) is 10.5. The van der Waals surface area contributed by atoms with Gasteiger partial charge in [-0.05, 0) is 44.0 Å². The van der Waals surface area contributed by atoms with Crippen molar-refractivity contribution in [3.05, 3.63) is 82.6 Å². The van der Waals surface area contributed by atoms with Crippen LogP contribution < -0.4 is 17.3 Å². The molecule has 0 saturated carbocycles. The summed E-state index contributed by atoms with van der Waals surface area (Å²) < 4.78 is 0. The predicted octanol–water partition coefficient (Wildman–Crippen LogP) is 0.326. The Balaban J connectivity index is 0.00000240. The van der Waals surface area contributed by atoms with E-state index in [1.807, 2.05) is 18.2 Å². The lowest BCUT2D eigenvalue weighted by atomic mass is 10.0. The Labute approximate surface area is 180 Å². The van der Waals surface area contributed by atoms with E-state index in [2.05, 4.69) is 62.2 Å². The van der Waals surface area contributed by atoms with Crippen LogP contribution in [0.2, 0.25) is 0 Å². The molecule has 2 aliphatic rings. The second kappa shape index (κ2) is 9.15. The van der Waals surface area contributed by atoms with Crippen LogP contribution in [0.3, 0.4) is 0 Å². The maximum absolute atomic E-state index is 13.6. The van der Waals surface area contributed by atoms with Crippen molar-refractivity contribution in [1.82, 2.24) is 4.90 Å². The van der Waals surface area contributed by atoms with Gasteiger partial charge < -0.3 is 22.2 Å². The summed E-state index contributed by atoms with van der Waals surface area (Å²) in [6, 6.07) is 17.9. The smallest absolute Gasteiger partial charge is 0.258 e. The molecule has 3 nitrogen and oxygen atoms in total. The minimum Gasteiger partial charge on any atom is -1.00 e. The van der Waals surface area contributed by atoms with E-state index in [9.17, 15) is 4.79 Å². The number of quaternary nitrogens is 1. The first kappa shape index (κ1) is 21.6. The van der Waals surface area contributed by atoms with Crippen molar-refractivity contribution in [3.63, 3.8) is 0 Å². The van der Waals surface area contributed by atoms with Crippen LogP contribution in [0.15, 0.2) is 60.3 Å². The third kappa shape index (κ3) is 4.73. The van der Waals surface area contributed by atoms with Crippen molar-refractivity contribution in [2.45, 2.75) is 51.6 Å². The van der Waals surface area contributed by atoms with E-state index in [0.717, 1.165) is 36.1 Å². The topological polar surface area (TPSA) is 24.8 Å². The highest BCUT2D eigenvalue weighted by Crippen LogP contribution is 2.26. The van der Waals surface area contributed by atoms with Gasteiger partial charge >= 0.3 is 0 Å². The average molecular weight is 411 g/mol. The fourth-order valence-electron chi connectivity index (χ4n) is 4.88.